The second kappa shape index (κ2) is 4.82. The highest BCUT2D eigenvalue weighted by atomic mass is 16.4. The van der Waals surface area contributed by atoms with Gasteiger partial charge in [-0.25, -0.2) is 0 Å². The molecule has 1 aliphatic carbocycles. The zero-order valence-corrected chi connectivity index (χ0v) is 9.77. The van der Waals surface area contributed by atoms with Crippen molar-refractivity contribution in [3.8, 4) is 0 Å². The van der Waals surface area contributed by atoms with Gasteiger partial charge in [-0.15, -0.1) is 0 Å². The number of carboxylic acid groups (broad SMARTS) is 1. The molecule has 5 nitrogen and oxygen atoms in total. The molecule has 0 bridgehead atoms. The molecule has 0 aliphatic heterocycles. The van der Waals surface area contributed by atoms with Gasteiger partial charge in [0.1, 0.15) is 5.41 Å². The molecule has 0 heterocycles. The number of aliphatic hydroxyl groups excluding tert-OH is 1. The Bertz CT molecular complexity index is 284. The van der Waals surface area contributed by atoms with Gasteiger partial charge in [0.15, 0.2) is 0 Å². The molecule has 0 aromatic carbocycles. The van der Waals surface area contributed by atoms with Crippen molar-refractivity contribution in [2.75, 3.05) is 13.2 Å². The number of aliphatic carboxylic acids is 1. The van der Waals surface area contributed by atoms with Crippen molar-refractivity contribution in [3.05, 3.63) is 0 Å². The molecule has 0 radical (unpaired) electrons. The zero-order valence-electron chi connectivity index (χ0n) is 9.77. The molecule has 1 aliphatic rings. The average Bonchev–Trinajstić information content (AvgIpc) is 2.98. The highest BCUT2D eigenvalue weighted by Gasteiger charge is 2.58. The monoisotopic (exact) mass is 229 g/mol. The van der Waals surface area contributed by atoms with Crippen LogP contribution < -0.4 is 0 Å². The zero-order chi connectivity index (χ0) is 12.3. The normalized spacial score (nSPS) is 17.2. The van der Waals surface area contributed by atoms with Crippen molar-refractivity contribution in [2.45, 2.75) is 39.2 Å². The summed E-state index contributed by atoms with van der Waals surface area (Å²) in [5.74, 6) is -1.32. The summed E-state index contributed by atoms with van der Waals surface area (Å²) in [6, 6.07) is -0.0316. The average molecular weight is 229 g/mol. The van der Waals surface area contributed by atoms with Crippen LogP contribution >= 0.6 is 0 Å². The number of aliphatic hydroxyl groups is 1. The van der Waals surface area contributed by atoms with E-state index in [9.17, 15) is 9.59 Å². The lowest BCUT2D eigenvalue weighted by Crippen LogP contribution is -2.45. The third-order valence-corrected chi connectivity index (χ3v) is 3.01. The number of rotatable bonds is 6. The topological polar surface area (TPSA) is 77.8 Å². The summed E-state index contributed by atoms with van der Waals surface area (Å²) in [5.41, 5.74) is -1.17. The number of hydrogen-bond acceptors (Lipinski definition) is 3. The minimum Gasteiger partial charge on any atom is -0.480 e. The lowest BCUT2D eigenvalue weighted by atomic mass is 10.0. The maximum atomic E-state index is 12.1. The maximum Gasteiger partial charge on any atom is 0.319 e. The summed E-state index contributed by atoms with van der Waals surface area (Å²) >= 11 is 0. The van der Waals surface area contributed by atoms with Crippen LogP contribution in [0.2, 0.25) is 0 Å². The third kappa shape index (κ3) is 2.35. The van der Waals surface area contributed by atoms with E-state index in [0.717, 1.165) is 0 Å². The Morgan fingerprint density at radius 3 is 2.25 bits per heavy atom. The van der Waals surface area contributed by atoms with Gasteiger partial charge in [-0.3, -0.25) is 9.59 Å². The largest absolute Gasteiger partial charge is 0.480 e. The first-order valence-corrected chi connectivity index (χ1v) is 5.61. The molecule has 2 N–H and O–H groups in total. The van der Waals surface area contributed by atoms with Gasteiger partial charge in [0.25, 0.3) is 0 Å². The molecular weight excluding hydrogens is 210 g/mol. The molecule has 1 saturated carbocycles. The number of carbonyl (C=O) groups is 2. The summed E-state index contributed by atoms with van der Waals surface area (Å²) in [4.78, 5) is 24.7. The van der Waals surface area contributed by atoms with Gasteiger partial charge in [-0.2, -0.15) is 0 Å². The number of nitrogens with zero attached hydrogens (tertiary/aromatic N) is 1. The quantitative estimate of drug-likeness (QED) is 0.649. The van der Waals surface area contributed by atoms with Gasteiger partial charge < -0.3 is 15.1 Å². The molecule has 0 unspecified atom stereocenters. The smallest absolute Gasteiger partial charge is 0.319 e. The molecule has 5 heteroatoms. The Labute approximate surface area is 95.1 Å². The van der Waals surface area contributed by atoms with Crippen molar-refractivity contribution >= 4 is 11.9 Å². The highest BCUT2D eigenvalue weighted by molar-refractivity contribution is 6.04. The van der Waals surface area contributed by atoms with E-state index in [1.165, 1.54) is 0 Å². The summed E-state index contributed by atoms with van der Waals surface area (Å²) < 4.78 is 0. The van der Waals surface area contributed by atoms with Crippen molar-refractivity contribution in [1.82, 2.24) is 4.90 Å². The fourth-order valence-corrected chi connectivity index (χ4v) is 1.75. The van der Waals surface area contributed by atoms with Gasteiger partial charge in [0.2, 0.25) is 5.91 Å². The first-order chi connectivity index (χ1) is 7.45. The molecule has 1 amide bonds. The molecule has 1 rings (SSSR count). The van der Waals surface area contributed by atoms with Crippen LogP contribution in [0.15, 0.2) is 0 Å². The van der Waals surface area contributed by atoms with Gasteiger partial charge in [-0.05, 0) is 33.1 Å². The lowest BCUT2D eigenvalue weighted by molar-refractivity contribution is -0.154. The summed E-state index contributed by atoms with van der Waals surface area (Å²) in [7, 11) is 0. The van der Waals surface area contributed by atoms with E-state index in [0.29, 0.717) is 25.8 Å². The SMILES string of the molecule is CC(C)N(CCCO)C(=O)C1(C(=O)O)CC1. The van der Waals surface area contributed by atoms with Crippen molar-refractivity contribution < 1.29 is 19.8 Å². The Kier molecular flexibility index (Phi) is 3.91. The molecule has 0 saturated heterocycles. The van der Waals surface area contributed by atoms with E-state index in [1.54, 1.807) is 4.90 Å². The van der Waals surface area contributed by atoms with Crippen molar-refractivity contribution in [3.63, 3.8) is 0 Å². The lowest BCUT2D eigenvalue weighted by Gasteiger charge is -2.29. The second-order valence-corrected chi connectivity index (χ2v) is 4.56. The van der Waals surface area contributed by atoms with Gasteiger partial charge in [0.05, 0.1) is 0 Å². The minimum absolute atomic E-state index is 0.0105. The molecule has 0 aromatic rings. The Morgan fingerprint density at radius 2 is 1.94 bits per heavy atom. The van der Waals surface area contributed by atoms with Crippen LogP contribution in [0.25, 0.3) is 0 Å². The van der Waals surface area contributed by atoms with Crippen LogP contribution in [0.5, 0.6) is 0 Å². The van der Waals surface area contributed by atoms with Crippen LogP contribution in [0.3, 0.4) is 0 Å². The van der Waals surface area contributed by atoms with Gasteiger partial charge in [-0.1, -0.05) is 0 Å². The fraction of sp³-hybridized carbons (Fsp3) is 0.818. The molecule has 0 spiro atoms. The van der Waals surface area contributed by atoms with Crippen molar-refractivity contribution in [1.29, 1.82) is 0 Å². The van der Waals surface area contributed by atoms with E-state index in [4.69, 9.17) is 10.2 Å². The van der Waals surface area contributed by atoms with E-state index in [2.05, 4.69) is 0 Å². The van der Waals surface area contributed by atoms with Crippen LogP contribution in [-0.4, -0.2) is 46.2 Å². The fourth-order valence-electron chi connectivity index (χ4n) is 1.75. The van der Waals surface area contributed by atoms with Gasteiger partial charge in [0, 0.05) is 19.2 Å². The van der Waals surface area contributed by atoms with E-state index >= 15 is 0 Å². The van der Waals surface area contributed by atoms with E-state index < -0.39 is 11.4 Å². The minimum atomic E-state index is -1.17. The molecular formula is C11H19NO4. The predicted molar refractivity (Wildman–Crippen MR) is 57.9 cm³/mol. The first kappa shape index (κ1) is 13.0. The third-order valence-electron chi connectivity index (χ3n) is 3.01. The molecule has 1 fully saturated rings. The van der Waals surface area contributed by atoms with E-state index in [-0.39, 0.29) is 18.6 Å². The van der Waals surface area contributed by atoms with Crippen LogP contribution in [0, 0.1) is 5.41 Å². The number of amides is 1. The van der Waals surface area contributed by atoms with Crippen LogP contribution in [0.4, 0.5) is 0 Å². The van der Waals surface area contributed by atoms with Crippen LogP contribution in [-0.2, 0) is 9.59 Å². The summed E-state index contributed by atoms with van der Waals surface area (Å²) in [6.07, 6.45) is 1.35. The Morgan fingerprint density at radius 1 is 1.38 bits per heavy atom. The predicted octanol–water partition coefficient (Wildman–Crippen LogP) is 0.471. The van der Waals surface area contributed by atoms with E-state index in [1.807, 2.05) is 13.8 Å². The first-order valence-electron chi connectivity index (χ1n) is 5.61. The second-order valence-electron chi connectivity index (χ2n) is 4.56. The maximum absolute atomic E-state index is 12.1. The Balaban J connectivity index is 2.72. The number of carbonyl (C=O) groups excluding carboxylic acids is 1. The number of carboxylic acids is 1. The molecule has 0 aromatic heterocycles. The molecule has 92 valence electrons. The Hall–Kier alpha value is -1.10. The highest BCUT2D eigenvalue weighted by Crippen LogP contribution is 2.47. The standard InChI is InChI=1S/C11H19NO4/c1-8(2)12(6-3-7-13)9(14)11(4-5-11)10(15)16/h8,13H,3-7H2,1-2H3,(H,15,16). The van der Waals surface area contributed by atoms with Gasteiger partial charge >= 0.3 is 5.97 Å². The number of hydrogen-bond donors (Lipinski definition) is 2. The molecule has 16 heavy (non-hydrogen) atoms. The van der Waals surface area contributed by atoms with Crippen LogP contribution in [0.1, 0.15) is 33.1 Å². The van der Waals surface area contributed by atoms with Crippen molar-refractivity contribution in [2.24, 2.45) is 5.41 Å². The summed E-state index contributed by atoms with van der Waals surface area (Å²) in [6.45, 7) is 4.14. The summed E-state index contributed by atoms with van der Waals surface area (Å²) in [5, 5.41) is 17.8. The molecule has 0 atom stereocenters.